The summed E-state index contributed by atoms with van der Waals surface area (Å²) in [5.41, 5.74) is 6.05. The minimum Gasteiger partial charge on any atom is -0.489 e. The maximum absolute atomic E-state index is 12.7. The number of halogens is 4. The van der Waals surface area contributed by atoms with Crippen LogP contribution < -0.4 is 10.5 Å². The standard InChI is InChI=1S/C11H11ClF3NO/c12-4-1-5-17-10-3-2-8(7-16)6-9(10)11(13,14)15/h1-4,6H,5,7,16H2. The highest BCUT2D eigenvalue weighted by molar-refractivity contribution is 6.25. The molecule has 0 spiro atoms. The first-order valence-corrected chi connectivity index (χ1v) is 5.21. The van der Waals surface area contributed by atoms with E-state index < -0.39 is 11.7 Å². The predicted molar refractivity (Wildman–Crippen MR) is 59.8 cm³/mol. The van der Waals surface area contributed by atoms with E-state index in [1.807, 2.05) is 0 Å². The molecule has 0 aliphatic carbocycles. The molecule has 0 unspecified atom stereocenters. The summed E-state index contributed by atoms with van der Waals surface area (Å²) in [6.07, 6.45) is -3.07. The van der Waals surface area contributed by atoms with Crippen molar-refractivity contribution in [1.82, 2.24) is 0 Å². The molecule has 0 bridgehead atoms. The number of hydrogen-bond donors (Lipinski definition) is 1. The molecule has 0 saturated carbocycles. The van der Waals surface area contributed by atoms with Crippen LogP contribution >= 0.6 is 11.6 Å². The molecule has 1 aromatic rings. The Kier molecular flexibility index (Phi) is 4.84. The van der Waals surface area contributed by atoms with Crippen LogP contribution in [0, 0.1) is 0 Å². The first-order valence-electron chi connectivity index (χ1n) is 4.77. The predicted octanol–water partition coefficient (Wildman–Crippen LogP) is 3.30. The molecule has 0 saturated heterocycles. The van der Waals surface area contributed by atoms with Crippen LogP contribution in [0.25, 0.3) is 0 Å². The van der Waals surface area contributed by atoms with Gasteiger partial charge in [0.1, 0.15) is 12.4 Å². The molecule has 6 heteroatoms. The summed E-state index contributed by atoms with van der Waals surface area (Å²) < 4.78 is 43.1. The molecule has 94 valence electrons. The molecule has 0 heterocycles. The summed E-state index contributed by atoms with van der Waals surface area (Å²) in [4.78, 5) is 0. The van der Waals surface area contributed by atoms with Gasteiger partial charge in [-0.1, -0.05) is 17.7 Å². The fraction of sp³-hybridized carbons (Fsp3) is 0.273. The average Bonchev–Trinajstić information content (AvgIpc) is 2.28. The van der Waals surface area contributed by atoms with Gasteiger partial charge in [0.25, 0.3) is 0 Å². The van der Waals surface area contributed by atoms with E-state index in [1.54, 1.807) is 0 Å². The van der Waals surface area contributed by atoms with E-state index in [1.165, 1.54) is 23.7 Å². The number of ether oxygens (including phenoxy) is 1. The van der Waals surface area contributed by atoms with Crippen molar-refractivity contribution in [2.75, 3.05) is 6.61 Å². The zero-order valence-corrected chi connectivity index (χ0v) is 9.55. The van der Waals surface area contributed by atoms with Gasteiger partial charge in [-0.2, -0.15) is 13.2 Å². The van der Waals surface area contributed by atoms with Gasteiger partial charge in [0.05, 0.1) is 5.56 Å². The SMILES string of the molecule is NCc1ccc(OCC=CCl)c(C(F)(F)F)c1. The second-order valence-electron chi connectivity index (χ2n) is 3.21. The summed E-state index contributed by atoms with van der Waals surface area (Å²) in [5.74, 6) is -0.232. The first-order chi connectivity index (χ1) is 7.99. The molecule has 1 rings (SSSR count). The van der Waals surface area contributed by atoms with Crippen LogP contribution in [-0.4, -0.2) is 6.61 Å². The fourth-order valence-electron chi connectivity index (χ4n) is 1.23. The van der Waals surface area contributed by atoms with Gasteiger partial charge in [-0.25, -0.2) is 0 Å². The maximum atomic E-state index is 12.7. The summed E-state index contributed by atoms with van der Waals surface area (Å²) >= 11 is 5.25. The molecule has 0 aromatic heterocycles. The summed E-state index contributed by atoms with van der Waals surface area (Å²) in [7, 11) is 0. The van der Waals surface area contributed by atoms with Gasteiger partial charge in [0, 0.05) is 12.1 Å². The van der Waals surface area contributed by atoms with Crippen molar-refractivity contribution in [1.29, 1.82) is 0 Å². The van der Waals surface area contributed by atoms with Gasteiger partial charge < -0.3 is 10.5 Å². The van der Waals surface area contributed by atoms with Crippen LogP contribution in [0.4, 0.5) is 13.2 Å². The third-order valence-electron chi connectivity index (χ3n) is 2.01. The monoisotopic (exact) mass is 265 g/mol. The molecule has 0 atom stereocenters. The number of rotatable bonds is 4. The van der Waals surface area contributed by atoms with Crippen LogP contribution in [0.1, 0.15) is 11.1 Å². The van der Waals surface area contributed by atoms with E-state index in [2.05, 4.69) is 0 Å². The van der Waals surface area contributed by atoms with Crippen LogP contribution in [0.5, 0.6) is 5.75 Å². The maximum Gasteiger partial charge on any atom is 0.419 e. The number of nitrogens with two attached hydrogens (primary N) is 1. The van der Waals surface area contributed by atoms with Gasteiger partial charge >= 0.3 is 6.18 Å². The van der Waals surface area contributed by atoms with Crippen LogP contribution in [-0.2, 0) is 12.7 Å². The van der Waals surface area contributed by atoms with Crippen LogP contribution in [0.2, 0.25) is 0 Å². The summed E-state index contributed by atoms with van der Waals surface area (Å²) in [5, 5.41) is 0. The highest BCUT2D eigenvalue weighted by atomic mass is 35.5. The molecule has 0 fully saturated rings. The van der Waals surface area contributed by atoms with Crippen molar-refractivity contribution in [2.24, 2.45) is 5.73 Å². The van der Waals surface area contributed by atoms with Crippen LogP contribution in [0.3, 0.4) is 0 Å². The highest BCUT2D eigenvalue weighted by Gasteiger charge is 2.34. The third kappa shape index (κ3) is 3.94. The van der Waals surface area contributed by atoms with Crippen molar-refractivity contribution in [3.63, 3.8) is 0 Å². The minimum absolute atomic E-state index is 0.0193. The first kappa shape index (κ1) is 13.9. The fourth-order valence-corrected chi connectivity index (χ4v) is 1.30. The van der Waals surface area contributed by atoms with Crippen molar-refractivity contribution < 1.29 is 17.9 Å². The minimum atomic E-state index is -4.47. The molecular formula is C11H11ClF3NO. The van der Waals surface area contributed by atoms with Gasteiger partial charge in [0.15, 0.2) is 0 Å². The Balaban J connectivity index is 3.02. The molecule has 2 N–H and O–H groups in total. The second-order valence-corrected chi connectivity index (χ2v) is 3.46. The molecule has 2 nitrogen and oxygen atoms in total. The topological polar surface area (TPSA) is 35.2 Å². The Bertz CT molecular complexity index is 404. The second kappa shape index (κ2) is 5.93. The summed E-state index contributed by atoms with van der Waals surface area (Å²) in [6, 6.07) is 3.74. The number of hydrogen-bond acceptors (Lipinski definition) is 2. The molecule has 1 aromatic carbocycles. The molecule has 0 amide bonds. The van der Waals surface area contributed by atoms with Gasteiger partial charge in [-0.05, 0) is 23.8 Å². The number of benzene rings is 1. The Morgan fingerprint density at radius 2 is 2.06 bits per heavy atom. The Morgan fingerprint density at radius 1 is 1.35 bits per heavy atom. The smallest absolute Gasteiger partial charge is 0.419 e. The van der Waals surface area contributed by atoms with E-state index in [0.29, 0.717) is 5.56 Å². The molecule has 17 heavy (non-hydrogen) atoms. The summed E-state index contributed by atoms with van der Waals surface area (Å²) in [6.45, 7) is 0.0273. The highest BCUT2D eigenvalue weighted by Crippen LogP contribution is 2.36. The molecule has 0 aliphatic rings. The van der Waals surface area contributed by atoms with Crippen LogP contribution in [0.15, 0.2) is 29.8 Å². The molecular weight excluding hydrogens is 255 g/mol. The lowest BCUT2D eigenvalue weighted by Gasteiger charge is -2.14. The lowest BCUT2D eigenvalue weighted by Crippen LogP contribution is -2.10. The van der Waals surface area contributed by atoms with Gasteiger partial charge in [-0.3, -0.25) is 0 Å². The molecule has 0 aliphatic heterocycles. The Hall–Kier alpha value is -1.20. The van der Waals surface area contributed by atoms with Crippen molar-refractivity contribution >= 4 is 11.6 Å². The lowest BCUT2D eigenvalue weighted by atomic mass is 10.1. The average molecular weight is 266 g/mol. The van der Waals surface area contributed by atoms with E-state index in [4.69, 9.17) is 22.1 Å². The normalized spacial score (nSPS) is 12.1. The van der Waals surface area contributed by atoms with E-state index in [9.17, 15) is 13.2 Å². The third-order valence-corrected chi connectivity index (χ3v) is 2.19. The van der Waals surface area contributed by atoms with Crippen molar-refractivity contribution in [3.8, 4) is 5.75 Å². The van der Waals surface area contributed by atoms with E-state index >= 15 is 0 Å². The van der Waals surface area contributed by atoms with Crippen molar-refractivity contribution in [2.45, 2.75) is 12.7 Å². The Morgan fingerprint density at radius 3 is 2.59 bits per heavy atom. The zero-order valence-electron chi connectivity index (χ0n) is 8.80. The zero-order chi connectivity index (χ0) is 12.9. The van der Waals surface area contributed by atoms with E-state index in [0.717, 1.165) is 6.07 Å². The quantitative estimate of drug-likeness (QED) is 0.907. The molecule has 0 radical (unpaired) electrons. The largest absolute Gasteiger partial charge is 0.489 e. The van der Waals surface area contributed by atoms with Gasteiger partial charge in [0.2, 0.25) is 0 Å². The number of alkyl halides is 3. The Labute approximate surface area is 102 Å². The van der Waals surface area contributed by atoms with Crippen molar-refractivity contribution in [3.05, 3.63) is 40.9 Å². The van der Waals surface area contributed by atoms with E-state index in [-0.39, 0.29) is 18.9 Å². The van der Waals surface area contributed by atoms with Gasteiger partial charge in [-0.15, -0.1) is 0 Å². The lowest BCUT2D eigenvalue weighted by molar-refractivity contribution is -0.138.